The maximum absolute atomic E-state index is 10.9. The lowest BCUT2D eigenvalue weighted by Gasteiger charge is -2.47. The van der Waals surface area contributed by atoms with Gasteiger partial charge in [0, 0.05) is 18.6 Å². The first kappa shape index (κ1) is 16.5. The van der Waals surface area contributed by atoms with Crippen LogP contribution in [0.1, 0.15) is 66.7 Å². The second kappa shape index (κ2) is 6.74. The highest BCUT2D eigenvalue weighted by Gasteiger charge is 2.37. The van der Waals surface area contributed by atoms with Crippen LogP contribution in [0.5, 0.6) is 0 Å². The van der Waals surface area contributed by atoms with E-state index in [1.54, 1.807) is 0 Å². The molecule has 1 aliphatic rings. The van der Waals surface area contributed by atoms with Gasteiger partial charge in [-0.05, 0) is 38.0 Å². The zero-order valence-corrected chi connectivity index (χ0v) is 13.3. The maximum atomic E-state index is 10.9. The van der Waals surface area contributed by atoms with E-state index in [2.05, 4.69) is 39.5 Å². The van der Waals surface area contributed by atoms with Gasteiger partial charge >= 0.3 is 5.97 Å². The molecular weight excluding hydrogens is 238 g/mol. The Labute approximate surface area is 118 Å². The van der Waals surface area contributed by atoms with Gasteiger partial charge in [0.1, 0.15) is 0 Å². The smallest absolute Gasteiger partial charge is 0.304 e. The van der Waals surface area contributed by atoms with E-state index in [0.29, 0.717) is 30.0 Å². The van der Waals surface area contributed by atoms with Crippen LogP contribution in [-0.2, 0) is 4.79 Å². The minimum atomic E-state index is -0.686. The Morgan fingerprint density at radius 1 is 1.26 bits per heavy atom. The molecule has 1 aliphatic carbocycles. The normalized spacial score (nSPS) is 25.0. The van der Waals surface area contributed by atoms with Crippen LogP contribution in [0.3, 0.4) is 0 Å². The summed E-state index contributed by atoms with van der Waals surface area (Å²) in [4.78, 5) is 13.3. The first-order valence-electron chi connectivity index (χ1n) is 7.71. The number of nitrogens with zero attached hydrogens (tertiary/aromatic N) is 1. The first-order chi connectivity index (χ1) is 8.73. The summed E-state index contributed by atoms with van der Waals surface area (Å²) in [5.74, 6) is -0.00814. The average molecular weight is 269 g/mol. The molecule has 2 unspecified atom stereocenters. The number of carboxylic acid groups (broad SMARTS) is 1. The Balaban J connectivity index is 2.81. The second-order valence-electron chi connectivity index (χ2n) is 7.30. The molecular formula is C16H31NO2. The molecule has 0 bridgehead atoms. The van der Waals surface area contributed by atoms with Gasteiger partial charge in [-0.3, -0.25) is 9.69 Å². The molecule has 0 amide bonds. The fourth-order valence-corrected chi connectivity index (χ4v) is 3.55. The molecule has 1 N–H and O–H groups in total. The van der Waals surface area contributed by atoms with Gasteiger partial charge in [-0.25, -0.2) is 0 Å². The van der Waals surface area contributed by atoms with Gasteiger partial charge in [0.05, 0.1) is 6.42 Å². The summed E-state index contributed by atoms with van der Waals surface area (Å²) >= 11 is 0. The van der Waals surface area contributed by atoms with Gasteiger partial charge in [-0.2, -0.15) is 0 Å². The number of hydrogen-bond donors (Lipinski definition) is 1. The van der Waals surface area contributed by atoms with E-state index >= 15 is 0 Å². The van der Waals surface area contributed by atoms with Crippen molar-refractivity contribution in [2.75, 3.05) is 6.54 Å². The number of rotatable bonds is 5. The van der Waals surface area contributed by atoms with Gasteiger partial charge in [-0.15, -0.1) is 0 Å². The summed E-state index contributed by atoms with van der Waals surface area (Å²) in [6, 6.07) is 0.973. The van der Waals surface area contributed by atoms with Crippen LogP contribution < -0.4 is 0 Å². The lowest BCUT2D eigenvalue weighted by Crippen LogP contribution is -2.50. The van der Waals surface area contributed by atoms with Crippen LogP contribution >= 0.6 is 0 Å². The number of carboxylic acids is 1. The van der Waals surface area contributed by atoms with Crippen LogP contribution in [0.15, 0.2) is 0 Å². The predicted molar refractivity (Wildman–Crippen MR) is 79.3 cm³/mol. The summed E-state index contributed by atoms with van der Waals surface area (Å²) < 4.78 is 0. The van der Waals surface area contributed by atoms with Gasteiger partial charge in [0.25, 0.3) is 0 Å². The Morgan fingerprint density at radius 2 is 1.84 bits per heavy atom. The van der Waals surface area contributed by atoms with Gasteiger partial charge in [0.15, 0.2) is 0 Å². The molecule has 0 aromatic heterocycles. The van der Waals surface area contributed by atoms with Gasteiger partial charge in [0.2, 0.25) is 0 Å². The number of aliphatic carboxylic acids is 1. The van der Waals surface area contributed by atoms with E-state index in [1.165, 1.54) is 25.7 Å². The van der Waals surface area contributed by atoms with Crippen molar-refractivity contribution < 1.29 is 9.90 Å². The lowest BCUT2D eigenvalue weighted by molar-refractivity contribution is -0.137. The first-order valence-corrected chi connectivity index (χ1v) is 7.71. The van der Waals surface area contributed by atoms with Crippen LogP contribution in [0.25, 0.3) is 0 Å². The van der Waals surface area contributed by atoms with Crippen molar-refractivity contribution in [3.8, 4) is 0 Å². The largest absolute Gasteiger partial charge is 0.481 e. The average Bonchev–Trinajstić information content (AvgIpc) is 2.27. The molecule has 1 saturated carbocycles. The van der Waals surface area contributed by atoms with Crippen molar-refractivity contribution in [2.45, 2.75) is 78.8 Å². The lowest BCUT2D eigenvalue weighted by atomic mass is 9.69. The van der Waals surface area contributed by atoms with Crippen LogP contribution in [0.2, 0.25) is 0 Å². The third-order valence-corrected chi connectivity index (χ3v) is 4.51. The molecule has 0 aliphatic heterocycles. The monoisotopic (exact) mass is 269 g/mol. The predicted octanol–water partition coefficient (Wildman–Crippen LogP) is 3.78. The second-order valence-corrected chi connectivity index (χ2v) is 7.30. The van der Waals surface area contributed by atoms with Crippen LogP contribution in [0, 0.1) is 11.3 Å². The van der Waals surface area contributed by atoms with Crippen molar-refractivity contribution in [1.29, 1.82) is 0 Å². The minimum absolute atomic E-state index is 0.255. The standard InChI is InChI=1S/C16H31NO2/c1-12(2)17(11-10-15(18)19)14-9-7-6-8-13(14)16(3,4)5/h12-14H,6-11H2,1-5H3,(H,18,19). The molecule has 1 rings (SSSR count). The Kier molecular flexibility index (Phi) is 5.84. The molecule has 2 atom stereocenters. The van der Waals surface area contributed by atoms with Crippen LogP contribution in [-0.4, -0.2) is 34.6 Å². The van der Waals surface area contributed by atoms with Crippen molar-refractivity contribution >= 4 is 5.97 Å². The summed E-state index contributed by atoms with van der Waals surface area (Å²) in [5, 5.41) is 8.94. The zero-order chi connectivity index (χ0) is 14.6. The molecule has 1 fully saturated rings. The molecule has 0 aromatic carbocycles. The molecule has 0 spiro atoms. The number of hydrogen-bond acceptors (Lipinski definition) is 2. The topological polar surface area (TPSA) is 40.5 Å². The fraction of sp³-hybridized carbons (Fsp3) is 0.938. The molecule has 112 valence electrons. The highest BCUT2D eigenvalue weighted by Crippen LogP contribution is 2.40. The zero-order valence-electron chi connectivity index (χ0n) is 13.3. The quantitative estimate of drug-likeness (QED) is 0.825. The van der Waals surface area contributed by atoms with Crippen molar-refractivity contribution in [2.24, 2.45) is 11.3 Å². The molecule has 0 heterocycles. The fourth-order valence-electron chi connectivity index (χ4n) is 3.55. The Bertz CT molecular complexity index is 294. The highest BCUT2D eigenvalue weighted by atomic mass is 16.4. The molecule has 3 nitrogen and oxygen atoms in total. The SMILES string of the molecule is CC(C)N(CCC(=O)O)C1CCCCC1C(C)(C)C. The van der Waals surface area contributed by atoms with Crippen molar-refractivity contribution in [3.05, 3.63) is 0 Å². The molecule has 19 heavy (non-hydrogen) atoms. The van der Waals surface area contributed by atoms with E-state index in [4.69, 9.17) is 5.11 Å². The Morgan fingerprint density at radius 3 is 2.32 bits per heavy atom. The minimum Gasteiger partial charge on any atom is -0.481 e. The summed E-state index contributed by atoms with van der Waals surface area (Å²) in [6.07, 6.45) is 5.37. The van der Waals surface area contributed by atoms with E-state index < -0.39 is 5.97 Å². The third kappa shape index (κ3) is 4.79. The van der Waals surface area contributed by atoms with Crippen molar-refractivity contribution in [3.63, 3.8) is 0 Å². The molecule has 0 saturated heterocycles. The maximum Gasteiger partial charge on any atom is 0.304 e. The molecule has 0 radical (unpaired) electrons. The van der Waals surface area contributed by atoms with Gasteiger partial charge < -0.3 is 5.11 Å². The Hall–Kier alpha value is -0.570. The third-order valence-electron chi connectivity index (χ3n) is 4.51. The summed E-state index contributed by atoms with van der Waals surface area (Å²) in [7, 11) is 0. The van der Waals surface area contributed by atoms with E-state index in [1.807, 2.05) is 0 Å². The number of carbonyl (C=O) groups is 1. The molecule has 0 aromatic rings. The van der Waals surface area contributed by atoms with Crippen molar-refractivity contribution in [1.82, 2.24) is 4.90 Å². The highest BCUT2D eigenvalue weighted by molar-refractivity contribution is 5.66. The van der Waals surface area contributed by atoms with Gasteiger partial charge in [-0.1, -0.05) is 33.6 Å². The van der Waals surface area contributed by atoms with E-state index in [9.17, 15) is 4.79 Å². The summed E-state index contributed by atoms with van der Waals surface area (Å²) in [5.41, 5.74) is 0.307. The van der Waals surface area contributed by atoms with E-state index in [0.717, 1.165) is 0 Å². The van der Waals surface area contributed by atoms with E-state index in [-0.39, 0.29) is 6.42 Å². The molecule has 3 heteroatoms. The van der Waals surface area contributed by atoms with Crippen LogP contribution in [0.4, 0.5) is 0 Å². The summed E-state index contributed by atoms with van der Waals surface area (Å²) in [6.45, 7) is 12.0.